The third kappa shape index (κ3) is 5.65. The van der Waals surface area contributed by atoms with Gasteiger partial charge >= 0.3 is 0 Å². The van der Waals surface area contributed by atoms with E-state index in [1.165, 1.54) is 65.7 Å². The molecular weight excluding hydrogens is 727 g/mol. The maximum atomic E-state index is 6.54. The molecule has 11 aromatic carbocycles. The quantitative estimate of drug-likeness (QED) is 0.157. The predicted octanol–water partition coefficient (Wildman–Crippen LogP) is 16.7. The number of nitrogens with zero attached hydrogens (tertiary/aromatic N) is 1. The van der Waals surface area contributed by atoms with E-state index in [0.29, 0.717) is 0 Å². The van der Waals surface area contributed by atoms with Gasteiger partial charge in [-0.1, -0.05) is 176 Å². The van der Waals surface area contributed by atoms with Crippen LogP contribution in [-0.2, 0) is 0 Å². The minimum atomic E-state index is 0.894. The van der Waals surface area contributed by atoms with E-state index in [4.69, 9.17) is 4.42 Å². The second kappa shape index (κ2) is 13.9. The molecule has 2 nitrogen and oxygen atoms in total. The Labute approximate surface area is 347 Å². The van der Waals surface area contributed by atoms with E-state index in [9.17, 15) is 0 Å². The number of hydrogen-bond donors (Lipinski definition) is 0. The molecule has 1 aromatic heterocycles. The predicted molar refractivity (Wildman–Crippen MR) is 255 cm³/mol. The molecule has 0 amide bonds. The van der Waals surface area contributed by atoms with Crippen LogP contribution in [0.4, 0.5) is 17.1 Å². The van der Waals surface area contributed by atoms with Crippen molar-refractivity contribution in [2.75, 3.05) is 4.90 Å². The molecule has 12 aromatic rings. The fraction of sp³-hybridized carbons (Fsp3) is 0. The Hall–Kier alpha value is -7.94. The highest BCUT2D eigenvalue weighted by molar-refractivity contribution is 6.20. The van der Waals surface area contributed by atoms with Crippen molar-refractivity contribution in [2.24, 2.45) is 0 Å². The molecule has 0 aliphatic rings. The molecule has 0 spiro atoms. The van der Waals surface area contributed by atoms with Gasteiger partial charge in [-0.05, 0) is 114 Å². The molecule has 0 aliphatic carbocycles. The molecule has 0 N–H and O–H groups in total. The molecular formula is C58H37NO. The van der Waals surface area contributed by atoms with E-state index in [-0.39, 0.29) is 0 Å². The summed E-state index contributed by atoms with van der Waals surface area (Å²) in [6, 6.07) is 81.3. The normalized spacial score (nSPS) is 11.7. The number of anilines is 3. The molecule has 1 heterocycles. The van der Waals surface area contributed by atoms with E-state index in [1.807, 2.05) is 6.07 Å². The number of furan rings is 1. The van der Waals surface area contributed by atoms with Crippen molar-refractivity contribution < 1.29 is 4.42 Å². The second-order valence-corrected chi connectivity index (χ2v) is 15.7. The van der Waals surface area contributed by atoms with E-state index >= 15 is 0 Å². The van der Waals surface area contributed by atoms with Crippen molar-refractivity contribution in [3.8, 4) is 33.4 Å². The average Bonchev–Trinajstić information content (AvgIpc) is 3.71. The van der Waals surface area contributed by atoms with Gasteiger partial charge in [-0.25, -0.2) is 0 Å². The average molecular weight is 764 g/mol. The molecule has 0 saturated carbocycles. The van der Waals surface area contributed by atoms with Crippen LogP contribution in [0.2, 0.25) is 0 Å². The SMILES string of the molecule is c1ccc(-c2ccc3cc(N(c4ccc(-c5ccc(-c6cc7ccccc7c7ccccc67)cc5)cc4)c4cc5c6ccccc6oc5c5ccccc45)ccc3c2)cc1. The zero-order valence-corrected chi connectivity index (χ0v) is 32.7. The molecule has 0 fully saturated rings. The molecule has 0 saturated heterocycles. The summed E-state index contributed by atoms with van der Waals surface area (Å²) >= 11 is 0. The van der Waals surface area contributed by atoms with Crippen molar-refractivity contribution in [3.05, 3.63) is 224 Å². The molecule has 0 unspecified atom stereocenters. The van der Waals surface area contributed by atoms with Crippen LogP contribution in [0.15, 0.2) is 229 Å². The smallest absolute Gasteiger partial charge is 0.143 e. The number of para-hydroxylation sites is 1. The lowest BCUT2D eigenvalue weighted by Gasteiger charge is -2.27. The van der Waals surface area contributed by atoms with Crippen LogP contribution in [0, 0.1) is 0 Å². The molecule has 60 heavy (non-hydrogen) atoms. The van der Waals surface area contributed by atoms with Crippen molar-refractivity contribution >= 4 is 82.1 Å². The monoisotopic (exact) mass is 763 g/mol. The first-order valence-corrected chi connectivity index (χ1v) is 20.6. The van der Waals surface area contributed by atoms with Gasteiger partial charge in [-0.3, -0.25) is 0 Å². The summed E-state index contributed by atoms with van der Waals surface area (Å²) in [5, 5.41) is 11.9. The van der Waals surface area contributed by atoms with Gasteiger partial charge in [-0.2, -0.15) is 0 Å². The second-order valence-electron chi connectivity index (χ2n) is 15.7. The Bertz CT molecular complexity index is 3580. The van der Waals surface area contributed by atoms with Crippen LogP contribution in [0.5, 0.6) is 0 Å². The van der Waals surface area contributed by atoms with Crippen molar-refractivity contribution in [1.29, 1.82) is 0 Å². The summed E-state index contributed by atoms with van der Waals surface area (Å²) in [4.78, 5) is 2.41. The zero-order valence-electron chi connectivity index (χ0n) is 32.7. The minimum Gasteiger partial charge on any atom is -0.455 e. The lowest BCUT2D eigenvalue weighted by atomic mass is 9.92. The Balaban J connectivity index is 0.980. The third-order valence-corrected chi connectivity index (χ3v) is 12.2. The van der Waals surface area contributed by atoms with Gasteiger partial charge in [0.1, 0.15) is 11.2 Å². The maximum absolute atomic E-state index is 6.54. The minimum absolute atomic E-state index is 0.894. The van der Waals surface area contributed by atoms with Crippen LogP contribution in [0.25, 0.3) is 98.4 Å². The van der Waals surface area contributed by atoms with Gasteiger partial charge < -0.3 is 9.32 Å². The third-order valence-electron chi connectivity index (χ3n) is 12.2. The van der Waals surface area contributed by atoms with Crippen LogP contribution < -0.4 is 4.90 Å². The molecule has 12 rings (SSSR count). The van der Waals surface area contributed by atoms with Gasteiger partial charge in [0.2, 0.25) is 0 Å². The number of benzene rings is 11. The van der Waals surface area contributed by atoms with E-state index < -0.39 is 0 Å². The fourth-order valence-electron chi connectivity index (χ4n) is 9.26. The van der Waals surface area contributed by atoms with Crippen LogP contribution in [-0.4, -0.2) is 0 Å². The highest BCUT2D eigenvalue weighted by Crippen LogP contribution is 2.45. The number of hydrogen-bond acceptors (Lipinski definition) is 2. The van der Waals surface area contributed by atoms with Gasteiger partial charge in [0.25, 0.3) is 0 Å². The molecule has 0 atom stereocenters. The number of fused-ring (bicyclic) bond motifs is 9. The summed E-state index contributed by atoms with van der Waals surface area (Å²) in [7, 11) is 0. The van der Waals surface area contributed by atoms with E-state index in [2.05, 4.69) is 223 Å². The first-order valence-electron chi connectivity index (χ1n) is 20.6. The van der Waals surface area contributed by atoms with E-state index in [1.54, 1.807) is 0 Å². The molecule has 0 bridgehead atoms. The van der Waals surface area contributed by atoms with Gasteiger partial charge in [0.05, 0.1) is 5.69 Å². The van der Waals surface area contributed by atoms with Crippen LogP contribution in [0.1, 0.15) is 0 Å². The lowest BCUT2D eigenvalue weighted by Crippen LogP contribution is -2.10. The summed E-state index contributed by atoms with van der Waals surface area (Å²) in [5.41, 5.74) is 12.3. The summed E-state index contributed by atoms with van der Waals surface area (Å²) < 4.78 is 6.54. The largest absolute Gasteiger partial charge is 0.455 e. The maximum Gasteiger partial charge on any atom is 0.143 e. The Kier molecular flexibility index (Phi) is 7.89. The first-order chi connectivity index (χ1) is 29.7. The molecule has 2 heteroatoms. The molecule has 0 radical (unpaired) electrons. The zero-order chi connectivity index (χ0) is 39.6. The van der Waals surface area contributed by atoms with Gasteiger partial charge in [-0.15, -0.1) is 0 Å². The van der Waals surface area contributed by atoms with Gasteiger partial charge in [0.15, 0.2) is 0 Å². The fourth-order valence-corrected chi connectivity index (χ4v) is 9.26. The Morgan fingerprint density at radius 2 is 0.833 bits per heavy atom. The first kappa shape index (κ1) is 34.1. The summed E-state index contributed by atoms with van der Waals surface area (Å²) in [6.07, 6.45) is 0. The lowest BCUT2D eigenvalue weighted by molar-refractivity contribution is 0.672. The molecule has 280 valence electrons. The highest BCUT2D eigenvalue weighted by atomic mass is 16.3. The summed E-state index contributed by atoms with van der Waals surface area (Å²) in [5.74, 6) is 0. The van der Waals surface area contributed by atoms with Crippen LogP contribution in [0.3, 0.4) is 0 Å². The molecule has 0 aliphatic heterocycles. The van der Waals surface area contributed by atoms with Gasteiger partial charge in [0, 0.05) is 32.9 Å². The van der Waals surface area contributed by atoms with Crippen LogP contribution >= 0.6 is 0 Å². The highest BCUT2D eigenvalue weighted by Gasteiger charge is 2.21. The standard InChI is InChI=1S/C58H37NO/c1-2-12-38(13-3-1)42-26-27-44-35-47(33-30-43(44)34-42)59(56-37-55-52-19-10-11-21-57(52)60-58(55)53-20-9-8-18-51(53)56)46-31-28-40(29-32-46)39-22-24-41(25-23-39)54-36-45-14-4-5-15-48(45)49-16-6-7-17-50(49)54/h1-37H. The van der Waals surface area contributed by atoms with E-state index in [0.717, 1.165) is 49.8 Å². The Morgan fingerprint density at radius 3 is 1.63 bits per heavy atom. The van der Waals surface area contributed by atoms with Crippen molar-refractivity contribution in [3.63, 3.8) is 0 Å². The Morgan fingerprint density at radius 1 is 0.283 bits per heavy atom. The number of rotatable bonds is 6. The van der Waals surface area contributed by atoms with Crippen molar-refractivity contribution in [2.45, 2.75) is 0 Å². The summed E-state index contributed by atoms with van der Waals surface area (Å²) in [6.45, 7) is 0. The van der Waals surface area contributed by atoms with Crippen molar-refractivity contribution in [1.82, 2.24) is 0 Å². The topological polar surface area (TPSA) is 16.4 Å².